The lowest BCUT2D eigenvalue weighted by Crippen LogP contribution is -2.33. The maximum Gasteiger partial charge on any atom is 0.412 e. The number of H-pyrrole nitrogens is 1. The van der Waals surface area contributed by atoms with Crippen molar-refractivity contribution < 1.29 is 23.4 Å². The molecule has 0 radical (unpaired) electrons. The molecule has 172 valence electrons. The van der Waals surface area contributed by atoms with Crippen molar-refractivity contribution >= 4 is 35.2 Å². The second kappa shape index (κ2) is 8.62. The van der Waals surface area contributed by atoms with Gasteiger partial charge in [-0.15, -0.1) is 0 Å². The number of allylic oxidation sites excluding steroid dienone is 1. The lowest BCUT2D eigenvalue weighted by Gasteiger charge is -2.29. The first-order valence-electron chi connectivity index (χ1n) is 10.7. The highest BCUT2D eigenvalue weighted by atomic mass is 35.5. The van der Waals surface area contributed by atoms with Crippen molar-refractivity contribution in [3.05, 3.63) is 57.2 Å². The summed E-state index contributed by atoms with van der Waals surface area (Å²) in [5.41, 5.74) is 2.14. The number of benzene rings is 1. The van der Waals surface area contributed by atoms with E-state index in [9.17, 15) is 18.7 Å². The number of carboxylic acid groups (broad SMARTS) is 1. The van der Waals surface area contributed by atoms with Crippen LogP contribution >= 0.6 is 11.6 Å². The summed E-state index contributed by atoms with van der Waals surface area (Å²) in [7, 11) is 0. The van der Waals surface area contributed by atoms with Gasteiger partial charge in [0.05, 0.1) is 34.7 Å². The standard InChI is InChI=1S/C23H21ClF2N4O3/c24-13-5-6-30(23(31)32)22-18-11-27-29-20(21(18)28-19(22)7-13)12-1-3-16(4-2-12)33-17-9-14(25)8-15(26)10-17/h5,7-10,12,16,28H,1-4,6,11H2,(H,31,32). The fourth-order valence-corrected chi connectivity index (χ4v) is 4.92. The van der Waals surface area contributed by atoms with Gasteiger partial charge in [-0.05, 0) is 37.8 Å². The molecule has 1 amide bonds. The third kappa shape index (κ3) is 4.25. The maximum absolute atomic E-state index is 13.4. The van der Waals surface area contributed by atoms with Crippen molar-refractivity contribution in [2.75, 3.05) is 11.4 Å². The Morgan fingerprint density at radius 3 is 2.61 bits per heavy atom. The lowest BCUT2D eigenvalue weighted by molar-refractivity contribution is 0.141. The third-order valence-corrected chi connectivity index (χ3v) is 6.48. The second-order valence-electron chi connectivity index (χ2n) is 8.35. The average Bonchev–Trinajstić information content (AvgIpc) is 3.02. The molecular formula is C23H21ClF2N4O3. The van der Waals surface area contributed by atoms with E-state index in [0.717, 1.165) is 35.5 Å². The van der Waals surface area contributed by atoms with E-state index in [-0.39, 0.29) is 30.9 Å². The topological polar surface area (TPSA) is 90.3 Å². The zero-order valence-corrected chi connectivity index (χ0v) is 18.3. The average molecular weight is 475 g/mol. The minimum atomic E-state index is -1.07. The molecule has 33 heavy (non-hydrogen) atoms. The van der Waals surface area contributed by atoms with Crippen LogP contribution in [-0.4, -0.2) is 28.8 Å². The first kappa shape index (κ1) is 21.6. The summed E-state index contributed by atoms with van der Waals surface area (Å²) in [5, 5.41) is 20.3. The normalized spacial score (nSPS) is 22.1. The number of aromatic amines is 1. The predicted octanol–water partition coefficient (Wildman–Crippen LogP) is 4.41. The molecule has 10 heteroatoms. The quantitative estimate of drug-likeness (QED) is 0.690. The summed E-state index contributed by atoms with van der Waals surface area (Å²) in [6.45, 7) is 0.432. The van der Waals surface area contributed by atoms with Crippen molar-refractivity contribution in [3.63, 3.8) is 0 Å². The minimum Gasteiger partial charge on any atom is -0.490 e. The summed E-state index contributed by atoms with van der Waals surface area (Å²) in [5.74, 6) is -1.05. The van der Waals surface area contributed by atoms with Crippen LogP contribution < -0.4 is 20.3 Å². The Morgan fingerprint density at radius 2 is 1.91 bits per heavy atom. The van der Waals surface area contributed by atoms with E-state index in [1.165, 1.54) is 17.0 Å². The van der Waals surface area contributed by atoms with Gasteiger partial charge in [-0.3, -0.25) is 4.90 Å². The van der Waals surface area contributed by atoms with Crippen LogP contribution in [0.4, 0.5) is 19.3 Å². The van der Waals surface area contributed by atoms with Gasteiger partial charge in [0.25, 0.3) is 0 Å². The van der Waals surface area contributed by atoms with E-state index in [0.29, 0.717) is 28.9 Å². The monoisotopic (exact) mass is 474 g/mol. The number of azo groups is 1. The van der Waals surface area contributed by atoms with E-state index >= 15 is 0 Å². The molecule has 2 aromatic rings. The Bertz CT molecular complexity index is 1280. The summed E-state index contributed by atoms with van der Waals surface area (Å²) < 4.78 is 32.7. The van der Waals surface area contributed by atoms with E-state index < -0.39 is 17.7 Å². The highest BCUT2D eigenvalue weighted by Crippen LogP contribution is 2.35. The van der Waals surface area contributed by atoms with Crippen LogP contribution in [0.25, 0.3) is 11.8 Å². The van der Waals surface area contributed by atoms with Gasteiger partial charge in [0.15, 0.2) is 0 Å². The van der Waals surface area contributed by atoms with Gasteiger partial charge in [-0.1, -0.05) is 11.6 Å². The Hall–Kier alpha value is -3.20. The van der Waals surface area contributed by atoms with Gasteiger partial charge in [-0.25, -0.2) is 13.6 Å². The van der Waals surface area contributed by atoms with E-state index in [2.05, 4.69) is 15.2 Å². The smallest absolute Gasteiger partial charge is 0.412 e. The molecule has 2 aliphatic heterocycles. The molecule has 0 unspecified atom stereocenters. The summed E-state index contributed by atoms with van der Waals surface area (Å²) in [6, 6.07) is 3.18. The van der Waals surface area contributed by atoms with Gasteiger partial charge in [-0.2, -0.15) is 10.2 Å². The molecule has 1 fully saturated rings. The molecule has 7 nitrogen and oxygen atoms in total. The van der Waals surface area contributed by atoms with Gasteiger partial charge < -0.3 is 14.8 Å². The number of rotatable bonds is 3. The number of nitrogens with zero attached hydrogens (tertiary/aromatic N) is 3. The molecule has 5 rings (SSSR count). The molecule has 2 N–H and O–H groups in total. The zero-order chi connectivity index (χ0) is 23.1. The Labute approximate surface area is 192 Å². The first-order valence-corrected chi connectivity index (χ1v) is 11.1. The van der Waals surface area contributed by atoms with Crippen LogP contribution in [0.2, 0.25) is 0 Å². The number of hydrogen-bond donors (Lipinski definition) is 2. The molecule has 1 aliphatic carbocycles. The molecule has 0 saturated heterocycles. The van der Waals surface area contributed by atoms with Crippen molar-refractivity contribution in [1.29, 1.82) is 0 Å². The predicted molar refractivity (Wildman–Crippen MR) is 119 cm³/mol. The Balaban J connectivity index is 1.42. The highest BCUT2D eigenvalue weighted by molar-refractivity contribution is 6.34. The zero-order valence-electron chi connectivity index (χ0n) is 17.5. The highest BCUT2D eigenvalue weighted by Gasteiger charge is 2.30. The summed E-state index contributed by atoms with van der Waals surface area (Å²) in [4.78, 5) is 16.5. The number of ether oxygens (including phenoxy) is 1. The van der Waals surface area contributed by atoms with E-state index in [1.807, 2.05) is 0 Å². The van der Waals surface area contributed by atoms with Crippen molar-refractivity contribution in [2.24, 2.45) is 16.1 Å². The number of carbonyl (C=O) groups is 1. The molecule has 0 atom stereocenters. The number of halogens is 3. The maximum atomic E-state index is 13.4. The number of amides is 1. The van der Waals surface area contributed by atoms with E-state index in [4.69, 9.17) is 16.3 Å². The van der Waals surface area contributed by atoms with Gasteiger partial charge >= 0.3 is 6.09 Å². The van der Waals surface area contributed by atoms with Crippen LogP contribution in [-0.2, 0) is 6.54 Å². The van der Waals surface area contributed by atoms with Crippen LogP contribution in [0.1, 0.15) is 31.2 Å². The number of fused-ring (bicyclic) bond motifs is 3. The van der Waals surface area contributed by atoms with Crippen LogP contribution in [0.15, 0.2) is 39.5 Å². The van der Waals surface area contributed by atoms with Crippen LogP contribution in [0.3, 0.4) is 0 Å². The number of nitrogens with one attached hydrogen (secondary N) is 1. The fourth-order valence-electron chi connectivity index (χ4n) is 4.74. The first-order chi connectivity index (χ1) is 15.9. The van der Waals surface area contributed by atoms with E-state index in [1.54, 1.807) is 12.2 Å². The Morgan fingerprint density at radius 1 is 1.18 bits per heavy atom. The van der Waals surface area contributed by atoms with Crippen LogP contribution in [0.5, 0.6) is 5.75 Å². The van der Waals surface area contributed by atoms with Crippen molar-refractivity contribution in [2.45, 2.75) is 38.3 Å². The minimum absolute atomic E-state index is 0.100. The van der Waals surface area contributed by atoms with Crippen molar-refractivity contribution in [3.8, 4) is 5.75 Å². The molecular weight excluding hydrogens is 454 g/mol. The lowest BCUT2D eigenvalue weighted by atomic mass is 9.84. The summed E-state index contributed by atoms with van der Waals surface area (Å²) >= 11 is 6.22. The molecule has 3 heterocycles. The number of anilines is 1. The number of aromatic nitrogens is 1. The van der Waals surface area contributed by atoms with Crippen molar-refractivity contribution in [1.82, 2.24) is 4.98 Å². The van der Waals surface area contributed by atoms with Gasteiger partial charge in [0, 0.05) is 41.3 Å². The van der Waals surface area contributed by atoms with Gasteiger partial charge in [0.2, 0.25) is 0 Å². The molecule has 1 saturated carbocycles. The molecule has 0 bridgehead atoms. The number of hydrogen-bond acceptors (Lipinski definition) is 4. The molecule has 3 aliphatic rings. The SMILES string of the molecule is O=C(O)N1CC=C(Cl)C=c2[nH]c3c(c21)CN=NC=3C1CCC(Oc2cc(F)cc(F)c2)CC1. The Kier molecular flexibility index (Phi) is 5.65. The van der Waals surface area contributed by atoms with Crippen LogP contribution in [0, 0.1) is 17.6 Å². The summed E-state index contributed by atoms with van der Waals surface area (Å²) in [6.07, 6.45) is 5.06. The van der Waals surface area contributed by atoms with Gasteiger partial charge in [0.1, 0.15) is 17.4 Å². The second-order valence-corrected chi connectivity index (χ2v) is 8.79. The molecule has 0 spiro atoms. The fraction of sp³-hybridized carbons (Fsp3) is 0.348. The molecule has 1 aromatic carbocycles. The third-order valence-electron chi connectivity index (χ3n) is 6.22. The molecule has 1 aromatic heterocycles. The largest absolute Gasteiger partial charge is 0.490 e.